The van der Waals surface area contributed by atoms with Crippen LogP contribution in [0.5, 0.6) is 0 Å². The molecule has 0 aliphatic carbocycles. The second-order valence-corrected chi connectivity index (χ2v) is 4.56. The lowest BCUT2D eigenvalue weighted by molar-refractivity contribution is 0.0950. The Bertz CT molecular complexity index is 774. The number of aromatic nitrogens is 3. The molecule has 0 aliphatic rings. The maximum Gasteiger partial charge on any atom is 0.278 e. The van der Waals surface area contributed by atoms with Crippen LogP contribution in [0, 0.1) is 13.8 Å². The predicted octanol–water partition coefficient (Wildman–Crippen LogP) is 2.74. The van der Waals surface area contributed by atoms with E-state index in [1.165, 1.54) is 4.68 Å². The summed E-state index contributed by atoms with van der Waals surface area (Å²) in [4.78, 5) is 16.6. The molecule has 3 aromatic rings. The maximum atomic E-state index is 12.5. The number of aryl methyl sites for hydroxylation is 2. The van der Waals surface area contributed by atoms with Crippen LogP contribution in [-0.2, 0) is 0 Å². The van der Waals surface area contributed by atoms with E-state index in [1.54, 1.807) is 18.5 Å². The topological polar surface area (TPSA) is 47.8 Å². The Labute approximate surface area is 110 Å². The first-order chi connectivity index (χ1) is 9.16. The van der Waals surface area contributed by atoms with Gasteiger partial charge in [0.2, 0.25) is 0 Å². The molecule has 0 saturated carbocycles. The van der Waals surface area contributed by atoms with Crippen molar-refractivity contribution in [2.45, 2.75) is 13.8 Å². The molecule has 0 spiro atoms. The molecular formula is C15H13N3O. The predicted molar refractivity (Wildman–Crippen MR) is 73.2 cm³/mol. The molecule has 0 fully saturated rings. The molecular weight excluding hydrogens is 238 g/mol. The Morgan fingerprint density at radius 2 is 2.05 bits per heavy atom. The van der Waals surface area contributed by atoms with Crippen molar-refractivity contribution >= 4 is 16.8 Å². The van der Waals surface area contributed by atoms with Gasteiger partial charge < -0.3 is 0 Å². The van der Waals surface area contributed by atoms with Crippen LogP contribution in [0.15, 0.2) is 42.7 Å². The number of hydrogen-bond donors (Lipinski definition) is 0. The van der Waals surface area contributed by atoms with Gasteiger partial charge in [-0.05, 0) is 32.0 Å². The van der Waals surface area contributed by atoms with Gasteiger partial charge in [-0.2, -0.15) is 9.78 Å². The van der Waals surface area contributed by atoms with Gasteiger partial charge in [-0.25, -0.2) is 0 Å². The van der Waals surface area contributed by atoms with Gasteiger partial charge >= 0.3 is 0 Å². The number of pyridine rings is 1. The molecule has 4 heteroatoms. The number of rotatable bonds is 1. The molecule has 2 aromatic heterocycles. The Hall–Kier alpha value is -2.49. The van der Waals surface area contributed by atoms with Crippen LogP contribution in [-0.4, -0.2) is 20.7 Å². The fourth-order valence-corrected chi connectivity index (χ4v) is 2.16. The zero-order chi connectivity index (χ0) is 13.4. The molecule has 0 bridgehead atoms. The van der Waals surface area contributed by atoms with E-state index in [0.717, 1.165) is 22.2 Å². The van der Waals surface area contributed by atoms with Crippen molar-refractivity contribution in [3.63, 3.8) is 0 Å². The third-order valence-electron chi connectivity index (χ3n) is 3.12. The van der Waals surface area contributed by atoms with E-state index in [1.807, 2.05) is 38.1 Å². The Balaban J connectivity index is 2.17. The fraction of sp³-hybridized carbons (Fsp3) is 0.133. The summed E-state index contributed by atoms with van der Waals surface area (Å²) in [6.07, 6.45) is 3.40. The Morgan fingerprint density at radius 3 is 2.84 bits per heavy atom. The summed E-state index contributed by atoms with van der Waals surface area (Å²) in [6.45, 7) is 3.84. The van der Waals surface area contributed by atoms with Crippen LogP contribution in [0.3, 0.4) is 0 Å². The smallest absolute Gasteiger partial charge is 0.267 e. The second kappa shape index (κ2) is 4.31. The standard InChI is InChI=1S/C15H13N3O/c1-10-4-3-5-12(8-10)15(19)18-14-6-7-16-9-13(14)11(2)17-18/h3-9H,1-2H3. The maximum absolute atomic E-state index is 12.5. The van der Waals surface area contributed by atoms with Gasteiger partial charge in [0, 0.05) is 23.3 Å². The highest BCUT2D eigenvalue weighted by molar-refractivity contribution is 6.01. The second-order valence-electron chi connectivity index (χ2n) is 4.56. The van der Waals surface area contributed by atoms with Gasteiger partial charge in [0.15, 0.2) is 0 Å². The Morgan fingerprint density at radius 1 is 1.21 bits per heavy atom. The number of carbonyl (C=O) groups excluding carboxylic acids is 1. The van der Waals surface area contributed by atoms with Crippen LogP contribution in [0.1, 0.15) is 21.6 Å². The quantitative estimate of drug-likeness (QED) is 0.668. The van der Waals surface area contributed by atoms with Crippen LogP contribution >= 0.6 is 0 Å². The lowest BCUT2D eigenvalue weighted by Crippen LogP contribution is -2.13. The molecule has 0 N–H and O–H groups in total. The summed E-state index contributed by atoms with van der Waals surface area (Å²) >= 11 is 0. The summed E-state index contributed by atoms with van der Waals surface area (Å²) < 4.78 is 1.45. The number of hydrogen-bond acceptors (Lipinski definition) is 3. The molecule has 4 nitrogen and oxygen atoms in total. The van der Waals surface area contributed by atoms with Gasteiger partial charge in [0.1, 0.15) is 0 Å². The average Bonchev–Trinajstić information content (AvgIpc) is 2.76. The van der Waals surface area contributed by atoms with E-state index in [-0.39, 0.29) is 5.91 Å². The molecule has 1 aromatic carbocycles. The largest absolute Gasteiger partial charge is 0.278 e. The minimum absolute atomic E-state index is 0.118. The van der Waals surface area contributed by atoms with E-state index in [0.29, 0.717) is 5.56 Å². The zero-order valence-corrected chi connectivity index (χ0v) is 10.8. The van der Waals surface area contributed by atoms with E-state index in [9.17, 15) is 4.79 Å². The molecule has 0 amide bonds. The number of fused-ring (bicyclic) bond motifs is 1. The van der Waals surface area contributed by atoms with E-state index in [2.05, 4.69) is 10.1 Å². The molecule has 0 radical (unpaired) electrons. The van der Waals surface area contributed by atoms with Crippen molar-refractivity contribution in [3.05, 3.63) is 59.5 Å². The van der Waals surface area contributed by atoms with Crippen LogP contribution < -0.4 is 0 Å². The molecule has 0 saturated heterocycles. The van der Waals surface area contributed by atoms with Crippen LogP contribution in [0.4, 0.5) is 0 Å². The monoisotopic (exact) mass is 251 g/mol. The third kappa shape index (κ3) is 1.91. The fourth-order valence-electron chi connectivity index (χ4n) is 2.16. The number of nitrogens with zero attached hydrogens (tertiary/aromatic N) is 3. The van der Waals surface area contributed by atoms with Crippen molar-refractivity contribution in [1.82, 2.24) is 14.8 Å². The minimum Gasteiger partial charge on any atom is -0.267 e. The molecule has 3 rings (SSSR count). The minimum atomic E-state index is -0.118. The first-order valence-electron chi connectivity index (χ1n) is 6.07. The normalized spacial score (nSPS) is 10.8. The lowest BCUT2D eigenvalue weighted by Gasteiger charge is -2.03. The zero-order valence-electron chi connectivity index (χ0n) is 10.8. The van der Waals surface area contributed by atoms with Crippen molar-refractivity contribution in [1.29, 1.82) is 0 Å². The Kier molecular flexibility index (Phi) is 2.63. The molecule has 0 aliphatic heterocycles. The molecule has 0 atom stereocenters. The molecule has 19 heavy (non-hydrogen) atoms. The highest BCUT2D eigenvalue weighted by Crippen LogP contribution is 2.18. The van der Waals surface area contributed by atoms with E-state index >= 15 is 0 Å². The summed E-state index contributed by atoms with van der Waals surface area (Å²) in [6, 6.07) is 9.32. The third-order valence-corrected chi connectivity index (χ3v) is 3.12. The molecule has 2 heterocycles. The van der Waals surface area contributed by atoms with Gasteiger partial charge in [0.05, 0.1) is 11.2 Å². The van der Waals surface area contributed by atoms with E-state index in [4.69, 9.17) is 0 Å². The SMILES string of the molecule is Cc1cccc(C(=O)n2nc(C)c3cnccc32)c1. The summed E-state index contributed by atoms with van der Waals surface area (Å²) in [7, 11) is 0. The summed E-state index contributed by atoms with van der Waals surface area (Å²) in [5, 5.41) is 5.23. The number of benzene rings is 1. The average molecular weight is 251 g/mol. The first kappa shape index (κ1) is 11.6. The highest BCUT2D eigenvalue weighted by atomic mass is 16.2. The number of carbonyl (C=O) groups is 1. The van der Waals surface area contributed by atoms with Crippen LogP contribution in [0.2, 0.25) is 0 Å². The van der Waals surface area contributed by atoms with Crippen molar-refractivity contribution < 1.29 is 4.79 Å². The molecule has 0 unspecified atom stereocenters. The van der Waals surface area contributed by atoms with Gasteiger partial charge in [-0.15, -0.1) is 0 Å². The van der Waals surface area contributed by atoms with Gasteiger partial charge in [-0.3, -0.25) is 9.78 Å². The first-order valence-corrected chi connectivity index (χ1v) is 6.07. The van der Waals surface area contributed by atoms with Crippen molar-refractivity contribution in [3.8, 4) is 0 Å². The van der Waals surface area contributed by atoms with Gasteiger partial charge in [0.25, 0.3) is 5.91 Å². The summed E-state index contributed by atoms with van der Waals surface area (Å²) in [5.41, 5.74) is 3.30. The van der Waals surface area contributed by atoms with E-state index < -0.39 is 0 Å². The van der Waals surface area contributed by atoms with Crippen LogP contribution in [0.25, 0.3) is 10.9 Å². The lowest BCUT2D eigenvalue weighted by atomic mass is 10.1. The van der Waals surface area contributed by atoms with Crippen molar-refractivity contribution in [2.24, 2.45) is 0 Å². The molecule has 94 valence electrons. The highest BCUT2D eigenvalue weighted by Gasteiger charge is 2.15. The summed E-state index contributed by atoms with van der Waals surface area (Å²) in [5.74, 6) is -0.118. The van der Waals surface area contributed by atoms with Crippen molar-refractivity contribution in [2.75, 3.05) is 0 Å². The van der Waals surface area contributed by atoms with Gasteiger partial charge in [-0.1, -0.05) is 17.7 Å².